The maximum atomic E-state index is 12.6. The highest BCUT2D eigenvalue weighted by molar-refractivity contribution is 5.94. The number of unbranched alkanes of at least 4 members (excludes halogenated alkanes) is 4. The van der Waals surface area contributed by atoms with E-state index in [1.165, 1.54) is 31.2 Å². The zero-order valence-electron chi connectivity index (χ0n) is 13.3. The van der Waals surface area contributed by atoms with Gasteiger partial charge < -0.3 is 4.90 Å². The molecular weight excluding hydrogens is 246 g/mol. The molecule has 0 aliphatic heterocycles. The Labute approximate surface area is 124 Å². The monoisotopic (exact) mass is 275 g/mol. The first-order valence-corrected chi connectivity index (χ1v) is 8.05. The molecule has 0 fully saturated rings. The molecule has 0 spiro atoms. The summed E-state index contributed by atoms with van der Waals surface area (Å²) in [5.41, 5.74) is 2.02. The Balaban J connectivity index is 2.63. The highest BCUT2D eigenvalue weighted by atomic mass is 16.2. The van der Waals surface area contributed by atoms with Crippen molar-refractivity contribution < 1.29 is 4.79 Å². The fourth-order valence-corrected chi connectivity index (χ4v) is 2.30. The second kappa shape index (κ2) is 9.57. The van der Waals surface area contributed by atoms with Gasteiger partial charge in [-0.15, -0.1) is 0 Å². The average molecular weight is 275 g/mol. The smallest absolute Gasteiger partial charge is 0.253 e. The number of amides is 1. The molecule has 0 aliphatic rings. The normalized spacial score (nSPS) is 10.6. The van der Waals surface area contributed by atoms with E-state index in [-0.39, 0.29) is 5.91 Å². The summed E-state index contributed by atoms with van der Waals surface area (Å²) in [5.74, 6) is 0.192. The molecule has 2 nitrogen and oxygen atoms in total. The molecule has 0 radical (unpaired) electrons. The van der Waals surface area contributed by atoms with E-state index in [1.54, 1.807) is 0 Å². The third-order valence-corrected chi connectivity index (χ3v) is 3.65. The lowest BCUT2D eigenvalue weighted by atomic mass is 10.1. The first-order valence-electron chi connectivity index (χ1n) is 8.05. The van der Waals surface area contributed by atoms with Gasteiger partial charge >= 0.3 is 0 Å². The molecule has 0 bridgehead atoms. The molecule has 20 heavy (non-hydrogen) atoms. The zero-order chi connectivity index (χ0) is 14.8. The van der Waals surface area contributed by atoms with Crippen LogP contribution in [-0.4, -0.2) is 23.9 Å². The second-order valence-corrected chi connectivity index (χ2v) is 5.57. The van der Waals surface area contributed by atoms with Crippen LogP contribution in [0.4, 0.5) is 0 Å². The van der Waals surface area contributed by atoms with E-state index in [9.17, 15) is 4.79 Å². The van der Waals surface area contributed by atoms with Crippen molar-refractivity contribution in [1.82, 2.24) is 4.90 Å². The van der Waals surface area contributed by atoms with Crippen molar-refractivity contribution in [1.29, 1.82) is 0 Å². The first kappa shape index (κ1) is 16.7. The van der Waals surface area contributed by atoms with E-state index in [2.05, 4.69) is 20.8 Å². The van der Waals surface area contributed by atoms with Crippen molar-refractivity contribution in [2.24, 2.45) is 0 Å². The fourth-order valence-electron chi connectivity index (χ4n) is 2.30. The Hall–Kier alpha value is -1.31. The van der Waals surface area contributed by atoms with Gasteiger partial charge in [-0.25, -0.2) is 0 Å². The number of carbonyl (C=O) groups excluding carboxylic acids is 1. The van der Waals surface area contributed by atoms with Crippen molar-refractivity contribution in [3.8, 4) is 0 Å². The lowest BCUT2D eigenvalue weighted by molar-refractivity contribution is 0.0749. The Morgan fingerprint density at radius 1 is 0.900 bits per heavy atom. The summed E-state index contributed by atoms with van der Waals surface area (Å²) in [4.78, 5) is 14.6. The fraction of sp³-hybridized carbons (Fsp3) is 0.611. The number of rotatable bonds is 9. The third kappa shape index (κ3) is 5.77. The zero-order valence-corrected chi connectivity index (χ0v) is 13.3. The molecule has 0 heterocycles. The maximum Gasteiger partial charge on any atom is 0.253 e. The highest BCUT2D eigenvalue weighted by Crippen LogP contribution is 2.10. The van der Waals surface area contributed by atoms with Gasteiger partial charge in [-0.1, -0.05) is 57.2 Å². The molecule has 1 amide bonds. The molecule has 0 N–H and O–H groups in total. The van der Waals surface area contributed by atoms with Gasteiger partial charge in [0.1, 0.15) is 0 Å². The van der Waals surface area contributed by atoms with Crippen molar-refractivity contribution >= 4 is 5.91 Å². The van der Waals surface area contributed by atoms with Crippen LogP contribution < -0.4 is 0 Å². The van der Waals surface area contributed by atoms with E-state index in [1.807, 2.05) is 29.2 Å². The summed E-state index contributed by atoms with van der Waals surface area (Å²) in [6, 6.07) is 7.93. The van der Waals surface area contributed by atoms with Crippen molar-refractivity contribution in [3.63, 3.8) is 0 Å². The van der Waals surface area contributed by atoms with Gasteiger partial charge in [0, 0.05) is 18.7 Å². The third-order valence-electron chi connectivity index (χ3n) is 3.65. The number of hydrogen-bond acceptors (Lipinski definition) is 1. The largest absolute Gasteiger partial charge is 0.339 e. The molecular formula is C18H29NO. The van der Waals surface area contributed by atoms with Crippen LogP contribution in [0.25, 0.3) is 0 Å². The van der Waals surface area contributed by atoms with Crippen LogP contribution >= 0.6 is 0 Å². The molecule has 112 valence electrons. The van der Waals surface area contributed by atoms with Crippen molar-refractivity contribution in [2.45, 2.75) is 59.3 Å². The Kier molecular flexibility index (Phi) is 8.01. The SMILES string of the molecule is CCCCCN(CCCCC)C(=O)c1ccc(C)cc1. The van der Waals surface area contributed by atoms with Crippen LogP contribution in [0, 0.1) is 6.92 Å². The van der Waals surface area contributed by atoms with Gasteiger partial charge in [0.05, 0.1) is 0 Å². The van der Waals surface area contributed by atoms with E-state index < -0.39 is 0 Å². The van der Waals surface area contributed by atoms with Crippen molar-refractivity contribution in [2.75, 3.05) is 13.1 Å². The molecule has 2 heteroatoms. The minimum absolute atomic E-state index is 0.192. The van der Waals surface area contributed by atoms with Crippen LogP contribution in [0.5, 0.6) is 0 Å². The van der Waals surface area contributed by atoms with E-state index >= 15 is 0 Å². The lowest BCUT2D eigenvalue weighted by Gasteiger charge is -2.23. The molecule has 0 saturated heterocycles. The van der Waals surface area contributed by atoms with Crippen LogP contribution in [0.1, 0.15) is 68.3 Å². The first-order chi connectivity index (χ1) is 9.69. The molecule has 0 aliphatic carbocycles. The number of aryl methyl sites for hydroxylation is 1. The molecule has 1 aromatic carbocycles. The summed E-state index contributed by atoms with van der Waals surface area (Å²) in [6.45, 7) is 8.23. The van der Waals surface area contributed by atoms with Gasteiger partial charge in [-0.3, -0.25) is 4.79 Å². The van der Waals surface area contributed by atoms with Gasteiger partial charge in [-0.05, 0) is 31.9 Å². The predicted octanol–water partition coefficient (Wildman–Crippen LogP) is 4.82. The van der Waals surface area contributed by atoms with Crippen LogP contribution in [-0.2, 0) is 0 Å². The van der Waals surface area contributed by atoms with E-state index in [0.29, 0.717) is 0 Å². The predicted molar refractivity (Wildman–Crippen MR) is 86.1 cm³/mol. The van der Waals surface area contributed by atoms with Gasteiger partial charge in [0.2, 0.25) is 0 Å². The molecule has 0 unspecified atom stereocenters. The number of nitrogens with zero attached hydrogens (tertiary/aromatic N) is 1. The average Bonchev–Trinajstić information content (AvgIpc) is 2.46. The molecule has 0 atom stereocenters. The molecule has 1 aromatic rings. The Bertz CT molecular complexity index is 373. The van der Waals surface area contributed by atoms with E-state index in [4.69, 9.17) is 0 Å². The van der Waals surface area contributed by atoms with Crippen molar-refractivity contribution in [3.05, 3.63) is 35.4 Å². The highest BCUT2D eigenvalue weighted by Gasteiger charge is 2.14. The standard InChI is InChI=1S/C18H29NO/c1-4-6-8-14-19(15-9-7-5-2)18(20)17-12-10-16(3)11-13-17/h10-13H,4-9,14-15H2,1-3H3. The number of carbonyl (C=O) groups is 1. The van der Waals surface area contributed by atoms with Crippen LogP contribution in [0.15, 0.2) is 24.3 Å². The molecule has 1 rings (SSSR count). The quantitative estimate of drug-likeness (QED) is 0.592. The van der Waals surface area contributed by atoms with Crippen LogP contribution in [0.3, 0.4) is 0 Å². The lowest BCUT2D eigenvalue weighted by Crippen LogP contribution is -2.33. The van der Waals surface area contributed by atoms with Gasteiger partial charge in [0.15, 0.2) is 0 Å². The summed E-state index contributed by atoms with van der Waals surface area (Å²) in [6.07, 6.45) is 7.01. The summed E-state index contributed by atoms with van der Waals surface area (Å²) in [7, 11) is 0. The van der Waals surface area contributed by atoms with Gasteiger partial charge in [0.25, 0.3) is 5.91 Å². The Morgan fingerprint density at radius 3 is 1.85 bits per heavy atom. The summed E-state index contributed by atoms with van der Waals surface area (Å²) in [5, 5.41) is 0. The minimum atomic E-state index is 0.192. The maximum absolute atomic E-state index is 12.6. The summed E-state index contributed by atoms with van der Waals surface area (Å²) < 4.78 is 0. The van der Waals surface area contributed by atoms with Crippen LogP contribution in [0.2, 0.25) is 0 Å². The number of benzene rings is 1. The Morgan fingerprint density at radius 2 is 1.40 bits per heavy atom. The molecule has 0 aromatic heterocycles. The second-order valence-electron chi connectivity index (χ2n) is 5.57. The number of hydrogen-bond donors (Lipinski definition) is 0. The minimum Gasteiger partial charge on any atom is -0.339 e. The van der Waals surface area contributed by atoms with Gasteiger partial charge in [-0.2, -0.15) is 0 Å². The molecule has 0 saturated carbocycles. The topological polar surface area (TPSA) is 20.3 Å². The van der Waals surface area contributed by atoms with E-state index in [0.717, 1.165) is 31.5 Å². The summed E-state index contributed by atoms with van der Waals surface area (Å²) >= 11 is 0.